The Balaban J connectivity index is 0.00000120. The average molecular weight is 234 g/mol. The lowest BCUT2D eigenvalue weighted by Gasteiger charge is -2.24. The first-order chi connectivity index (χ1) is 8.25. The number of aromatic nitrogens is 2. The van der Waals surface area contributed by atoms with Crippen LogP contribution in [-0.4, -0.2) is 35.6 Å². The molecule has 2 aliphatic rings. The van der Waals surface area contributed by atoms with E-state index in [9.17, 15) is 0 Å². The van der Waals surface area contributed by atoms with Crippen LogP contribution in [0, 0.1) is 5.92 Å². The second-order valence-electron chi connectivity index (χ2n) is 5.42. The fraction of sp³-hybridized carbons (Fsp3) is 0.692. The Morgan fingerprint density at radius 3 is 3.12 bits per heavy atom. The fourth-order valence-corrected chi connectivity index (χ4v) is 2.92. The Morgan fingerprint density at radius 2 is 2.29 bits per heavy atom. The summed E-state index contributed by atoms with van der Waals surface area (Å²) in [6, 6.07) is 0.631. The minimum Gasteiger partial charge on any atom is -0.351 e. The zero-order valence-corrected chi connectivity index (χ0v) is 10.6. The van der Waals surface area contributed by atoms with Crippen LogP contribution < -0.4 is 10.2 Å². The molecular formula is C13H22N4. The van der Waals surface area contributed by atoms with Gasteiger partial charge in [0.1, 0.15) is 5.82 Å². The van der Waals surface area contributed by atoms with Crippen molar-refractivity contribution in [3.63, 3.8) is 0 Å². The van der Waals surface area contributed by atoms with Gasteiger partial charge in [0.15, 0.2) is 0 Å². The molecule has 3 heterocycles. The molecule has 2 atom stereocenters. The van der Waals surface area contributed by atoms with Crippen molar-refractivity contribution < 1.29 is 1.43 Å². The van der Waals surface area contributed by atoms with Gasteiger partial charge >= 0.3 is 0 Å². The monoisotopic (exact) mass is 234 g/mol. The van der Waals surface area contributed by atoms with E-state index >= 15 is 0 Å². The summed E-state index contributed by atoms with van der Waals surface area (Å²) in [6.45, 7) is 7.72. The predicted molar refractivity (Wildman–Crippen MR) is 70.3 cm³/mol. The van der Waals surface area contributed by atoms with Gasteiger partial charge in [-0.15, -0.1) is 0 Å². The van der Waals surface area contributed by atoms with Crippen LogP contribution >= 0.6 is 0 Å². The Morgan fingerprint density at radius 1 is 1.41 bits per heavy atom. The molecule has 0 spiro atoms. The van der Waals surface area contributed by atoms with Gasteiger partial charge in [0.25, 0.3) is 0 Å². The lowest BCUT2D eigenvalue weighted by Crippen LogP contribution is -2.34. The summed E-state index contributed by atoms with van der Waals surface area (Å²) in [5.74, 6) is 2.31. The molecule has 0 bridgehead atoms. The van der Waals surface area contributed by atoms with E-state index in [1.54, 1.807) is 0 Å². The molecule has 0 amide bonds. The summed E-state index contributed by atoms with van der Waals surface area (Å²) < 4.78 is 0. The molecule has 1 N–H and O–H groups in total. The molecule has 17 heavy (non-hydrogen) atoms. The Labute approximate surface area is 104 Å². The van der Waals surface area contributed by atoms with E-state index in [0.29, 0.717) is 12.0 Å². The standard InChI is InChI=1S/C13H20N4.H2/c1-9(2)11-6-15-8-13(16-11)17-4-3-10-5-14-7-12(10)17;/h6,8-10,12,14H,3-5,7H2,1-2H3;1H/t10-,12-;/m1./s1. The second-order valence-corrected chi connectivity index (χ2v) is 5.42. The van der Waals surface area contributed by atoms with Gasteiger partial charge in [-0.2, -0.15) is 0 Å². The van der Waals surface area contributed by atoms with Crippen LogP contribution in [0.4, 0.5) is 5.82 Å². The molecule has 0 aromatic carbocycles. The van der Waals surface area contributed by atoms with Crippen molar-refractivity contribution in [3.8, 4) is 0 Å². The lowest BCUT2D eigenvalue weighted by atomic mass is 10.1. The van der Waals surface area contributed by atoms with Crippen molar-refractivity contribution in [2.75, 3.05) is 24.5 Å². The minimum atomic E-state index is 0. The van der Waals surface area contributed by atoms with Gasteiger partial charge in [-0.05, 0) is 18.3 Å². The Bertz CT molecular complexity index is 410. The number of fused-ring (bicyclic) bond motifs is 1. The number of anilines is 1. The summed E-state index contributed by atoms with van der Waals surface area (Å²) in [5, 5.41) is 3.47. The van der Waals surface area contributed by atoms with E-state index < -0.39 is 0 Å². The smallest absolute Gasteiger partial charge is 0.147 e. The average Bonchev–Trinajstić information content (AvgIpc) is 2.90. The molecule has 1 aromatic heterocycles. The molecule has 2 aliphatic heterocycles. The molecule has 3 rings (SSSR count). The predicted octanol–water partition coefficient (Wildman–Crippen LogP) is 1.64. The first kappa shape index (κ1) is 11.0. The Hall–Kier alpha value is -1.16. The van der Waals surface area contributed by atoms with E-state index in [-0.39, 0.29) is 1.43 Å². The molecule has 94 valence electrons. The topological polar surface area (TPSA) is 41.1 Å². The van der Waals surface area contributed by atoms with Gasteiger partial charge in [-0.25, -0.2) is 4.98 Å². The summed E-state index contributed by atoms with van der Waals surface area (Å²) in [6.07, 6.45) is 5.08. The van der Waals surface area contributed by atoms with Crippen molar-refractivity contribution in [3.05, 3.63) is 18.1 Å². The number of nitrogens with zero attached hydrogens (tertiary/aromatic N) is 3. The zero-order chi connectivity index (χ0) is 11.8. The highest BCUT2D eigenvalue weighted by Crippen LogP contribution is 2.30. The van der Waals surface area contributed by atoms with Gasteiger partial charge in [0.2, 0.25) is 0 Å². The molecule has 0 aliphatic carbocycles. The zero-order valence-electron chi connectivity index (χ0n) is 10.6. The normalized spacial score (nSPS) is 27.8. The van der Waals surface area contributed by atoms with Crippen LogP contribution in [0.1, 0.15) is 33.3 Å². The maximum atomic E-state index is 4.75. The van der Waals surface area contributed by atoms with E-state index in [2.05, 4.69) is 29.0 Å². The highest BCUT2D eigenvalue weighted by atomic mass is 15.3. The second kappa shape index (κ2) is 4.26. The van der Waals surface area contributed by atoms with Crippen LogP contribution in [-0.2, 0) is 0 Å². The highest BCUT2D eigenvalue weighted by molar-refractivity contribution is 5.41. The lowest BCUT2D eigenvalue weighted by molar-refractivity contribution is 0.577. The summed E-state index contributed by atoms with van der Waals surface area (Å²) >= 11 is 0. The molecule has 0 saturated carbocycles. The molecule has 0 unspecified atom stereocenters. The third-order valence-electron chi connectivity index (χ3n) is 3.97. The minimum absolute atomic E-state index is 0. The van der Waals surface area contributed by atoms with Gasteiger partial charge in [-0.1, -0.05) is 13.8 Å². The van der Waals surface area contributed by atoms with Crippen LogP contribution in [0.15, 0.2) is 12.4 Å². The van der Waals surface area contributed by atoms with Crippen molar-refractivity contribution >= 4 is 5.82 Å². The number of hydrogen-bond acceptors (Lipinski definition) is 4. The molecule has 4 nitrogen and oxygen atoms in total. The van der Waals surface area contributed by atoms with Gasteiger partial charge in [0, 0.05) is 33.3 Å². The fourth-order valence-electron chi connectivity index (χ4n) is 2.92. The maximum Gasteiger partial charge on any atom is 0.147 e. The number of nitrogens with one attached hydrogen (secondary N) is 1. The first-order valence-corrected chi connectivity index (χ1v) is 6.55. The number of rotatable bonds is 2. The van der Waals surface area contributed by atoms with Crippen molar-refractivity contribution in [2.45, 2.75) is 32.2 Å². The largest absolute Gasteiger partial charge is 0.351 e. The molecule has 0 radical (unpaired) electrons. The van der Waals surface area contributed by atoms with Gasteiger partial charge < -0.3 is 10.2 Å². The molecule has 2 saturated heterocycles. The van der Waals surface area contributed by atoms with Gasteiger partial charge in [0.05, 0.1) is 11.9 Å². The van der Waals surface area contributed by atoms with E-state index in [0.717, 1.165) is 30.5 Å². The van der Waals surface area contributed by atoms with E-state index in [1.165, 1.54) is 13.0 Å². The van der Waals surface area contributed by atoms with E-state index in [1.807, 2.05) is 12.4 Å². The van der Waals surface area contributed by atoms with E-state index in [4.69, 9.17) is 4.98 Å². The van der Waals surface area contributed by atoms with Crippen LogP contribution in [0.25, 0.3) is 0 Å². The quantitative estimate of drug-likeness (QED) is 0.844. The SMILES string of the molecule is CC(C)c1cncc(N2CC[C@@H]3CNC[C@H]32)n1.[HH]. The maximum absolute atomic E-state index is 4.75. The summed E-state index contributed by atoms with van der Waals surface area (Å²) in [4.78, 5) is 11.5. The molecule has 1 aromatic rings. The summed E-state index contributed by atoms with van der Waals surface area (Å²) in [5.41, 5.74) is 1.09. The third kappa shape index (κ3) is 1.90. The van der Waals surface area contributed by atoms with Crippen molar-refractivity contribution in [1.29, 1.82) is 0 Å². The van der Waals surface area contributed by atoms with Crippen LogP contribution in [0.5, 0.6) is 0 Å². The Kier molecular flexibility index (Phi) is 2.74. The van der Waals surface area contributed by atoms with Crippen LogP contribution in [0.2, 0.25) is 0 Å². The molecule has 4 heteroatoms. The van der Waals surface area contributed by atoms with Crippen molar-refractivity contribution in [1.82, 2.24) is 15.3 Å². The number of hydrogen-bond donors (Lipinski definition) is 1. The van der Waals surface area contributed by atoms with Gasteiger partial charge in [-0.3, -0.25) is 4.98 Å². The van der Waals surface area contributed by atoms with Crippen LogP contribution in [0.3, 0.4) is 0 Å². The first-order valence-electron chi connectivity index (χ1n) is 6.55. The summed E-state index contributed by atoms with van der Waals surface area (Å²) in [7, 11) is 0. The van der Waals surface area contributed by atoms with Crippen molar-refractivity contribution in [2.24, 2.45) is 5.92 Å². The molecular weight excluding hydrogens is 212 g/mol. The third-order valence-corrected chi connectivity index (χ3v) is 3.97. The highest BCUT2D eigenvalue weighted by Gasteiger charge is 2.38. The molecule has 2 fully saturated rings.